The van der Waals surface area contributed by atoms with Crippen molar-refractivity contribution < 1.29 is 23.8 Å². The van der Waals surface area contributed by atoms with Crippen molar-refractivity contribution in [3.63, 3.8) is 0 Å². The molecular weight excluding hydrogens is 335 g/mol. The second kappa shape index (κ2) is 6.99. The molecular formula is C16H15FN2O6. The number of aromatic amines is 1. The Kier molecular flexibility index (Phi) is 4.77. The minimum atomic E-state index is -1.18. The summed E-state index contributed by atoms with van der Waals surface area (Å²) < 4.78 is 24.7. The van der Waals surface area contributed by atoms with Gasteiger partial charge in [-0.2, -0.15) is 4.39 Å². The number of aliphatic hydroxyl groups is 1. The van der Waals surface area contributed by atoms with Gasteiger partial charge < -0.3 is 14.6 Å². The number of halogens is 1. The van der Waals surface area contributed by atoms with Crippen LogP contribution in [-0.4, -0.2) is 39.4 Å². The van der Waals surface area contributed by atoms with Crippen LogP contribution in [-0.2, 0) is 9.47 Å². The van der Waals surface area contributed by atoms with Crippen LogP contribution in [0.2, 0.25) is 0 Å². The molecule has 2 heterocycles. The van der Waals surface area contributed by atoms with Crippen LogP contribution in [0.15, 0.2) is 46.1 Å². The fraction of sp³-hybridized carbons (Fsp3) is 0.312. The van der Waals surface area contributed by atoms with E-state index in [4.69, 9.17) is 9.47 Å². The average molecular weight is 350 g/mol. The van der Waals surface area contributed by atoms with Crippen LogP contribution in [0.1, 0.15) is 23.0 Å². The van der Waals surface area contributed by atoms with Gasteiger partial charge in [0.1, 0.15) is 12.7 Å². The van der Waals surface area contributed by atoms with E-state index in [2.05, 4.69) is 0 Å². The van der Waals surface area contributed by atoms with Crippen molar-refractivity contribution in [3.8, 4) is 0 Å². The van der Waals surface area contributed by atoms with E-state index in [9.17, 15) is 23.9 Å². The first-order valence-electron chi connectivity index (χ1n) is 7.52. The van der Waals surface area contributed by atoms with Crippen LogP contribution in [0.4, 0.5) is 4.39 Å². The van der Waals surface area contributed by atoms with Gasteiger partial charge in [0.2, 0.25) is 5.82 Å². The number of carbonyl (C=O) groups excluding carboxylic acids is 1. The fourth-order valence-electron chi connectivity index (χ4n) is 2.56. The first-order valence-corrected chi connectivity index (χ1v) is 7.52. The molecule has 0 aliphatic carbocycles. The standard InChI is InChI=1S/C16H15FN2O6/c17-11-7-19(16(23)18-13(11)21)14-12(20)6-10(25-14)8-24-15(22)9-4-2-1-3-5-9/h1-5,7,10,12,14,20H,6,8H2,(H,18,21,23)/t10-,12?,14+/m0/s1. The summed E-state index contributed by atoms with van der Waals surface area (Å²) in [6, 6.07) is 8.34. The Balaban J connectivity index is 1.66. The van der Waals surface area contributed by atoms with Crippen molar-refractivity contribution in [2.45, 2.75) is 24.9 Å². The van der Waals surface area contributed by atoms with E-state index in [1.165, 1.54) is 0 Å². The Labute approximate surface area is 140 Å². The monoisotopic (exact) mass is 350 g/mol. The van der Waals surface area contributed by atoms with Crippen molar-refractivity contribution >= 4 is 5.97 Å². The van der Waals surface area contributed by atoms with Crippen LogP contribution < -0.4 is 11.2 Å². The van der Waals surface area contributed by atoms with Crippen LogP contribution >= 0.6 is 0 Å². The number of esters is 1. The van der Waals surface area contributed by atoms with Gasteiger partial charge in [-0.05, 0) is 12.1 Å². The molecule has 0 spiro atoms. The van der Waals surface area contributed by atoms with Crippen molar-refractivity contribution in [1.29, 1.82) is 0 Å². The van der Waals surface area contributed by atoms with Crippen LogP contribution in [0.5, 0.6) is 0 Å². The van der Waals surface area contributed by atoms with Gasteiger partial charge in [0.05, 0.1) is 17.9 Å². The normalized spacial score (nSPS) is 22.7. The van der Waals surface area contributed by atoms with E-state index in [-0.39, 0.29) is 13.0 Å². The third-order valence-corrected chi connectivity index (χ3v) is 3.77. The summed E-state index contributed by atoms with van der Waals surface area (Å²) in [5, 5.41) is 10.0. The molecule has 0 saturated carbocycles. The van der Waals surface area contributed by atoms with E-state index < -0.39 is 41.5 Å². The second-order valence-corrected chi connectivity index (χ2v) is 5.56. The summed E-state index contributed by atoms with van der Waals surface area (Å²) in [6.07, 6.45) is -2.22. The molecule has 2 N–H and O–H groups in total. The number of carbonyl (C=O) groups is 1. The predicted octanol–water partition coefficient (Wildman–Crippen LogP) is 0.181. The molecule has 0 bridgehead atoms. The largest absolute Gasteiger partial charge is 0.459 e. The van der Waals surface area contributed by atoms with Gasteiger partial charge in [-0.1, -0.05) is 18.2 Å². The molecule has 1 aliphatic heterocycles. The number of aliphatic hydroxyl groups excluding tert-OH is 1. The highest BCUT2D eigenvalue weighted by atomic mass is 19.1. The highest BCUT2D eigenvalue weighted by Gasteiger charge is 2.36. The molecule has 3 atom stereocenters. The molecule has 1 aliphatic rings. The highest BCUT2D eigenvalue weighted by Crippen LogP contribution is 2.28. The Morgan fingerprint density at radius 2 is 2.08 bits per heavy atom. The lowest BCUT2D eigenvalue weighted by Gasteiger charge is -2.17. The number of ether oxygens (including phenoxy) is 2. The molecule has 9 heteroatoms. The molecule has 8 nitrogen and oxygen atoms in total. The molecule has 0 radical (unpaired) electrons. The van der Waals surface area contributed by atoms with Gasteiger partial charge in [0, 0.05) is 6.42 Å². The first kappa shape index (κ1) is 17.1. The zero-order valence-electron chi connectivity index (χ0n) is 12.9. The summed E-state index contributed by atoms with van der Waals surface area (Å²) in [5.74, 6) is -1.72. The maximum absolute atomic E-state index is 13.4. The summed E-state index contributed by atoms with van der Waals surface area (Å²) in [7, 11) is 0. The first-order chi connectivity index (χ1) is 12.0. The molecule has 1 unspecified atom stereocenters. The third-order valence-electron chi connectivity index (χ3n) is 3.77. The van der Waals surface area contributed by atoms with E-state index in [1.54, 1.807) is 35.3 Å². The molecule has 1 aromatic heterocycles. The Morgan fingerprint density at radius 1 is 1.36 bits per heavy atom. The second-order valence-electron chi connectivity index (χ2n) is 5.56. The summed E-state index contributed by atoms with van der Waals surface area (Å²) in [6.45, 7) is -0.137. The molecule has 0 amide bonds. The number of aromatic nitrogens is 2. The fourth-order valence-corrected chi connectivity index (χ4v) is 2.56. The summed E-state index contributed by atoms with van der Waals surface area (Å²) >= 11 is 0. The van der Waals surface area contributed by atoms with Gasteiger partial charge in [0.25, 0.3) is 5.56 Å². The minimum Gasteiger partial charge on any atom is -0.459 e. The van der Waals surface area contributed by atoms with Gasteiger partial charge in [-0.25, -0.2) is 9.59 Å². The molecule has 1 fully saturated rings. The van der Waals surface area contributed by atoms with Crippen molar-refractivity contribution in [3.05, 3.63) is 68.7 Å². The topological polar surface area (TPSA) is 111 Å². The molecule has 25 heavy (non-hydrogen) atoms. The Hall–Kier alpha value is -2.78. The zero-order valence-corrected chi connectivity index (χ0v) is 12.9. The average Bonchev–Trinajstić information content (AvgIpc) is 2.97. The minimum absolute atomic E-state index is 0.0833. The number of nitrogens with one attached hydrogen (secondary N) is 1. The molecule has 1 saturated heterocycles. The lowest BCUT2D eigenvalue weighted by molar-refractivity contribution is -0.0575. The smallest absolute Gasteiger partial charge is 0.338 e. The number of benzene rings is 1. The number of hydrogen-bond donors (Lipinski definition) is 2. The highest BCUT2D eigenvalue weighted by molar-refractivity contribution is 5.89. The van der Waals surface area contributed by atoms with E-state index >= 15 is 0 Å². The molecule has 3 rings (SSSR count). The number of rotatable bonds is 4. The summed E-state index contributed by atoms with van der Waals surface area (Å²) in [5.41, 5.74) is -1.68. The maximum Gasteiger partial charge on any atom is 0.338 e. The zero-order chi connectivity index (χ0) is 18.0. The lowest BCUT2D eigenvalue weighted by Crippen LogP contribution is -2.36. The van der Waals surface area contributed by atoms with E-state index in [0.717, 1.165) is 4.57 Å². The Morgan fingerprint density at radius 3 is 2.80 bits per heavy atom. The number of hydrogen-bond acceptors (Lipinski definition) is 6. The van der Waals surface area contributed by atoms with Crippen LogP contribution in [0.3, 0.4) is 0 Å². The van der Waals surface area contributed by atoms with E-state index in [0.29, 0.717) is 11.8 Å². The summed E-state index contributed by atoms with van der Waals surface area (Å²) in [4.78, 5) is 36.5. The van der Waals surface area contributed by atoms with Gasteiger partial charge in [-0.3, -0.25) is 14.3 Å². The quantitative estimate of drug-likeness (QED) is 0.761. The molecule has 1 aromatic carbocycles. The van der Waals surface area contributed by atoms with Crippen molar-refractivity contribution in [1.82, 2.24) is 9.55 Å². The lowest BCUT2D eigenvalue weighted by atomic mass is 10.2. The Bertz CT molecular complexity index is 878. The van der Waals surface area contributed by atoms with Gasteiger partial charge in [0.15, 0.2) is 6.23 Å². The number of nitrogens with zero attached hydrogens (tertiary/aromatic N) is 1. The van der Waals surface area contributed by atoms with E-state index in [1.807, 2.05) is 0 Å². The SMILES string of the molecule is O=C(OC[C@@H]1CC(O)[C@H](n2cc(F)c(=O)[nH]c2=O)O1)c1ccccc1. The molecule has 2 aromatic rings. The van der Waals surface area contributed by atoms with Gasteiger partial charge >= 0.3 is 11.7 Å². The molecule has 132 valence electrons. The van der Waals surface area contributed by atoms with Gasteiger partial charge in [-0.15, -0.1) is 0 Å². The predicted molar refractivity (Wildman–Crippen MR) is 82.5 cm³/mol. The van der Waals surface area contributed by atoms with Crippen molar-refractivity contribution in [2.75, 3.05) is 6.61 Å². The number of H-pyrrole nitrogens is 1. The third kappa shape index (κ3) is 3.67. The van der Waals surface area contributed by atoms with Crippen LogP contribution in [0, 0.1) is 5.82 Å². The maximum atomic E-state index is 13.4. The van der Waals surface area contributed by atoms with Crippen LogP contribution in [0.25, 0.3) is 0 Å². The van der Waals surface area contributed by atoms with Crippen molar-refractivity contribution in [2.24, 2.45) is 0 Å².